The molecule has 1 fully saturated rings. The molecule has 3 heteroatoms. The number of nitrogens with zero attached hydrogens (tertiary/aromatic N) is 1. The van der Waals surface area contributed by atoms with Gasteiger partial charge in [-0.05, 0) is 30.9 Å². The lowest BCUT2D eigenvalue weighted by Crippen LogP contribution is -2.58. The highest BCUT2D eigenvalue weighted by Gasteiger charge is 2.31. The van der Waals surface area contributed by atoms with E-state index in [-0.39, 0.29) is 16.9 Å². The van der Waals surface area contributed by atoms with Crippen LogP contribution in [0.2, 0.25) is 0 Å². The third-order valence-corrected chi connectivity index (χ3v) is 3.82. The molecule has 1 aromatic carbocycles. The summed E-state index contributed by atoms with van der Waals surface area (Å²) in [6, 6.07) is 7.99. The smallest absolute Gasteiger partial charge is 0.254 e. The molecule has 2 rings (SSSR count). The van der Waals surface area contributed by atoms with Gasteiger partial charge in [0.2, 0.25) is 0 Å². The van der Waals surface area contributed by atoms with Crippen LogP contribution in [-0.2, 0) is 5.41 Å². The Morgan fingerprint density at radius 1 is 1.25 bits per heavy atom. The summed E-state index contributed by atoms with van der Waals surface area (Å²) in [5.41, 5.74) is 1.94. The van der Waals surface area contributed by atoms with Crippen LogP contribution in [0.1, 0.15) is 50.5 Å². The van der Waals surface area contributed by atoms with E-state index in [4.69, 9.17) is 0 Å². The fraction of sp³-hybridized carbons (Fsp3) is 0.588. The zero-order valence-electron chi connectivity index (χ0n) is 13.3. The second-order valence-corrected chi connectivity index (χ2v) is 7.33. The van der Waals surface area contributed by atoms with Gasteiger partial charge in [0, 0.05) is 30.7 Å². The van der Waals surface area contributed by atoms with E-state index in [0.29, 0.717) is 0 Å². The van der Waals surface area contributed by atoms with Gasteiger partial charge >= 0.3 is 0 Å². The predicted octanol–water partition coefficient (Wildman–Crippen LogP) is 2.81. The molecule has 0 atom stereocenters. The second-order valence-electron chi connectivity index (χ2n) is 7.33. The van der Waals surface area contributed by atoms with E-state index in [9.17, 15) is 4.79 Å². The summed E-state index contributed by atoms with van der Waals surface area (Å²) in [5.74, 6) is 0.158. The summed E-state index contributed by atoms with van der Waals surface area (Å²) in [5, 5.41) is 3.45. The number of carbonyl (C=O) groups is 1. The Morgan fingerprint density at radius 2 is 1.90 bits per heavy atom. The van der Waals surface area contributed by atoms with Crippen LogP contribution in [0.15, 0.2) is 24.3 Å². The van der Waals surface area contributed by atoms with Crippen molar-refractivity contribution in [2.75, 3.05) is 19.6 Å². The molecule has 0 spiro atoms. The molecular formula is C17H26N2O. The highest BCUT2D eigenvalue weighted by atomic mass is 16.2. The Hall–Kier alpha value is -1.35. The van der Waals surface area contributed by atoms with Crippen LogP contribution in [0.4, 0.5) is 0 Å². The van der Waals surface area contributed by atoms with E-state index in [0.717, 1.165) is 30.8 Å². The summed E-state index contributed by atoms with van der Waals surface area (Å²) in [6.45, 7) is 13.1. The lowest BCUT2D eigenvalue weighted by molar-refractivity contribution is 0.0649. The van der Waals surface area contributed by atoms with Crippen molar-refractivity contribution in [3.8, 4) is 0 Å². The molecule has 1 N–H and O–H groups in total. The quantitative estimate of drug-likeness (QED) is 0.854. The molecule has 110 valence electrons. The van der Waals surface area contributed by atoms with Crippen molar-refractivity contribution in [3.05, 3.63) is 35.4 Å². The van der Waals surface area contributed by atoms with E-state index in [2.05, 4.69) is 46.0 Å². The Morgan fingerprint density at radius 3 is 2.50 bits per heavy atom. The number of amides is 1. The highest BCUT2D eigenvalue weighted by Crippen LogP contribution is 2.27. The number of hydrogen-bond acceptors (Lipinski definition) is 2. The first-order valence-electron chi connectivity index (χ1n) is 7.34. The van der Waals surface area contributed by atoms with Gasteiger partial charge in [-0.3, -0.25) is 4.79 Å². The minimum Gasteiger partial charge on any atom is -0.336 e. The minimum absolute atomic E-state index is 0.00934. The van der Waals surface area contributed by atoms with Crippen LogP contribution in [0, 0.1) is 0 Å². The summed E-state index contributed by atoms with van der Waals surface area (Å²) in [6.07, 6.45) is 0. The van der Waals surface area contributed by atoms with Gasteiger partial charge in [0.05, 0.1) is 0 Å². The maximum atomic E-state index is 12.9. The number of nitrogens with one attached hydrogen (secondary N) is 1. The summed E-state index contributed by atoms with van der Waals surface area (Å²) in [4.78, 5) is 14.8. The molecule has 1 amide bonds. The molecule has 0 bridgehead atoms. The van der Waals surface area contributed by atoms with Crippen molar-refractivity contribution in [1.82, 2.24) is 10.2 Å². The summed E-state index contributed by atoms with van der Waals surface area (Å²) in [7, 11) is 0. The fourth-order valence-corrected chi connectivity index (χ4v) is 2.81. The molecule has 20 heavy (non-hydrogen) atoms. The van der Waals surface area contributed by atoms with Crippen LogP contribution in [0.5, 0.6) is 0 Å². The Labute approximate surface area is 122 Å². The predicted molar refractivity (Wildman–Crippen MR) is 83.1 cm³/mol. The molecule has 0 aliphatic carbocycles. The molecular weight excluding hydrogens is 248 g/mol. The molecule has 1 saturated heterocycles. The molecule has 1 heterocycles. The molecule has 3 nitrogen and oxygen atoms in total. The van der Waals surface area contributed by atoms with Crippen LogP contribution >= 0.6 is 0 Å². The van der Waals surface area contributed by atoms with Gasteiger partial charge in [-0.2, -0.15) is 0 Å². The summed E-state index contributed by atoms with van der Waals surface area (Å²) >= 11 is 0. The van der Waals surface area contributed by atoms with Crippen molar-refractivity contribution in [2.45, 2.75) is 45.6 Å². The van der Waals surface area contributed by atoms with Crippen molar-refractivity contribution < 1.29 is 4.79 Å². The highest BCUT2D eigenvalue weighted by molar-refractivity contribution is 5.96. The van der Waals surface area contributed by atoms with Crippen LogP contribution in [0.3, 0.4) is 0 Å². The number of rotatable bonds is 1. The maximum Gasteiger partial charge on any atom is 0.254 e. The lowest BCUT2D eigenvalue weighted by atomic mass is 9.83. The average molecular weight is 274 g/mol. The van der Waals surface area contributed by atoms with Gasteiger partial charge in [-0.25, -0.2) is 0 Å². The molecule has 1 aliphatic heterocycles. The zero-order chi connectivity index (χ0) is 15.0. The number of piperazine rings is 1. The molecule has 0 saturated carbocycles. The lowest BCUT2D eigenvalue weighted by Gasteiger charge is -2.39. The normalized spacial score (nSPS) is 18.9. The molecule has 0 radical (unpaired) electrons. The molecule has 1 aliphatic rings. The SMILES string of the molecule is CC1(C)CN(C(=O)c2ccccc2C(C)(C)C)CCN1. The van der Waals surface area contributed by atoms with Gasteiger partial charge in [0.25, 0.3) is 5.91 Å². The van der Waals surface area contributed by atoms with Crippen LogP contribution < -0.4 is 5.32 Å². The van der Waals surface area contributed by atoms with E-state index < -0.39 is 0 Å². The zero-order valence-corrected chi connectivity index (χ0v) is 13.3. The van der Waals surface area contributed by atoms with E-state index in [1.807, 2.05) is 23.1 Å². The largest absolute Gasteiger partial charge is 0.336 e. The number of hydrogen-bond donors (Lipinski definition) is 1. The van der Waals surface area contributed by atoms with E-state index in [1.54, 1.807) is 0 Å². The van der Waals surface area contributed by atoms with Crippen LogP contribution in [-0.4, -0.2) is 36.0 Å². The fourth-order valence-electron chi connectivity index (χ4n) is 2.81. The van der Waals surface area contributed by atoms with Gasteiger partial charge in [-0.15, -0.1) is 0 Å². The Bertz CT molecular complexity index is 500. The monoisotopic (exact) mass is 274 g/mol. The van der Waals surface area contributed by atoms with Gasteiger partial charge in [0.1, 0.15) is 0 Å². The van der Waals surface area contributed by atoms with Crippen molar-refractivity contribution in [2.24, 2.45) is 0 Å². The third-order valence-electron chi connectivity index (χ3n) is 3.82. The van der Waals surface area contributed by atoms with E-state index >= 15 is 0 Å². The topological polar surface area (TPSA) is 32.3 Å². The van der Waals surface area contributed by atoms with Gasteiger partial charge in [-0.1, -0.05) is 39.0 Å². The van der Waals surface area contributed by atoms with Gasteiger partial charge in [0.15, 0.2) is 0 Å². The molecule has 0 unspecified atom stereocenters. The first-order chi connectivity index (χ1) is 9.21. The van der Waals surface area contributed by atoms with Crippen molar-refractivity contribution >= 4 is 5.91 Å². The van der Waals surface area contributed by atoms with Crippen molar-refractivity contribution in [3.63, 3.8) is 0 Å². The number of carbonyl (C=O) groups excluding carboxylic acids is 1. The standard InChI is InChI=1S/C17H26N2O/c1-16(2,3)14-9-7-6-8-13(14)15(20)19-11-10-18-17(4,5)12-19/h6-9,18H,10-12H2,1-5H3. The second kappa shape index (κ2) is 5.21. The first kappa shape index (κ1) is 15.0. The average Bonchev–Trinajstić information content (AvgIpc) is 2.35. The van der Waals surface area contributed by atoms with Crippen molar-refractivity contribution in [1.29, 1.82) is 0 Å². The first-order valence-corrected chi connectivity index (χ1v) is 7.34. The van der Waals surface area contributed by atoms with Crippen LogP contribution in [0.25, 0.3) is 0 Å². The minimum atomic E-state index is -0.0180. The number of benzene rings is 1. The molecule has 1 aromatic rings. The van der Waals surface area contributed by atoms with Gasteiger partial charge < -0.3 is 10.2 Å². The summed E-state index contributed by atoms with van der Waals surface area (Å²) < 4.78 is 0. The Kier molecular flexibility index (Phi) is 3.92. The van der Waals surface area contributed by atoms with E-state index in [1.165, 1.54) is 0 Å². The third kappa shape index (κ3) is 3.21. The maximum absolute atomic E-state index is 12.9. The Balaban J connectivity index is 2.30. The molecule has 0 aromatic heterocycles.